The second-order valence-corrected chi connectivity index (χ2v) is 11.8. The first-order chi connectivity index (χ1) is 19.5. The molecule has 4 heterocycles. The average molecular weight is 577 g/mol. The Morgan fingerprint density at radius 2 is 1.85 bits per heavy atom. The lowest BCUT2D eigenvalue weighted by Gasteiger charge is -2.37. The third kappa shape index (κ3) is 5.41. The zero-order chi connectivity index (χ0) is 29.5. The molecule has 1 amide bonds. The highest BCUT2D eigenvalue weighted by Crippen LogP contribution is 2.39. The summed E-state index contributed by atoms with van der Waals surface area (Å²) >= 11 is 1.28. The van der Waals surface area contributed by atoms with E-state index >= 15 is 0 Å². The number of rotatable bonds is 5. The second-order valence-electron chi connectivity index (χ2n) is 10.8. The highest BCUT2D eigenvalue weighted by molar-refractivity contribution is 7.16. The van der Waals surface area contributed by atoms with Crippen LogP contribution in [0.15, 0.2) is 24.3 Å². The lowest BCUT2D eigenvalue weighted by Crippen LogP contribution is -2.50. The van der Waals surface area contributed by atoms with Gasteiger partial charge in [0.15, 0.2) is 11.5 Å². The molecule has 0 unspecified atom stereocenters. The van der Waals surface area contributed by atoms with Crippen LogP contribution in [-0.4, -0.2) is 69.4 Å². The van der Waals surface area contributed by atoms with Gasteiger partial charge < -0.3 is 19.9 Å². The van der Waals surface area contributed by atoms with Crippen molar-refractivity contribution >= 4 is 34.6 Å². The number of amides is 1. The largest absolute Gasteiger partial charge is 0.444 e. The number of hydrogen-bond donors (Lipinski definition) is 1. The van der Waals surface area contributed by atoms with Crippen LogP contribution < -0.4 is 10.2 Å². The van der Waals surface area contributed by atoms with Gasteiger partial charge in [0, 0.05) is 38.8 Å². The Balaban J connectivity index is 1.56. The van der Waals surface area contributed by atoms with E-state index < -0.39 is 5.60 Å². The number of nitriles is 1. The van der Waals surface area contributed by atoms with Crippen LogP contribution in [0.25, 0.3) is 27.5 Å². The van der Waals surface area contributed by atoms with Gasteiger partial charge in [0.2, 0.25) is 0 Å². The van der Waals surface area contributed by atoms with E-state index in [1.165, 1.54) is 23.5 Å². The molecule has 1 aliphatic rings. The van der Waals surface area contributed by atoms with Crippen molar-refractivity contribution in [1.82, 2.24) is 24.5 Å². The molecule has 5 rings (SSSR count). The number of carbonyl (C=O) groups excluding carboxylic acids is 1. The number of anilines is 2. The third-order valence-electron chi connectivity index (χ3n) is 6.92. The Kier molecular flexibility index (Phi) is 7.57. The van der Waals surface area contributed by atoms with Crippen LogP contribution in [0, 0.1) is 24.1 Å². The van der Waals surface area contributed by atoms with E-state index in [0.717, 1.165) is 28.5 Å². The summed E-state index contributed by atoms with van der Waals surface area (Å²) in [6, 6.07) is 8.23. The molecule has 1 aromatic carbocycles. The number of thiazole rings is 1. The van der Waals surface area contributed by atoms with Crippen molar-refractivity contribution in [1.29, 1.82) is 5.26 Å². The number of piperazine rings is 1. The maximum atomic E-state index is 13.6. The van der Waals surface area contributed by atoms with Crippen LogP contribution in [0.3, 0.4) is 0 Å². The van der Waals surface area contributed by atoms with E-state index in [1.54, 1.807) is 17.0 Å². The standard InChI is InChI=1S/C29H33FN8O2S/c1-7-20-22(27-33-24(21(16-31)41-27)18-8-10-19(30)11-9-18)25-34-26(23(32-6)17(2)38(25)35-20)36-12-14-37(15-13-36)28(39)40-29(3,4)5/h8-11,32H,7,12-15H2,1-6H3. The molecule has 10 nitrogen and oxygen atoms in total. The summed E-state index contributed by atoms with van der Waals surface area (Å²) in [5.41, 5.74) is 4.61. The molecule has 1 fully saturated rings. The Labute approximate surface area is 242 Å². The summed E-state index contributed by atoms with van der Waals surface area (Å²) in [4.78, 5) is 26.9. The van der Waals surface area contributed by atoms with Crippen molar-refractivity contribution in [2.45, 2.75) is 46.6 Å². The number of benzene rings is 1. The van der Waals surface area contributed by atoms with Crippen LogP contribution >= 0.6 is 11.3 Å². The number of ether oxygens (including phenoxy) is 1. The maximum Gasteiger partial charge on any atom is 0.410 e. The first-order valence-corrected chi connectivity index (χ1v) is 14.4. The summed E-state index contributed by atoms with van der Waals surface area (Å²) in [6.07, 6.45) is 0.329. The van der Waals surface area contributed by atoms with Crippen molar-refractivity contribution in [3.63, 3.8) is 0 Å². The molecule has 0 spiro atoms. The molecule has 0 saturated carbocycles. The van der Waals surface area contributed by atoms with Gasteiger partial charge in [-0.25, -0.2) is 23.7 Å². The first-order valence-electron chi connectivity index (χ1n) is 13.5. The predicted molar refractivity (Wildman–Crippen MR) is 158 cm³/mol. The van der Waals surface area contributed by atoms with E-state index in [2.05, 4.69) is 16.3 Å². The highest BCUT2D eigenvalue weighted by Gasteiger charge is 2.30. The molecule has 12 heteroatoms. The second kappa shape index (κ2) is 11.0. The minimum absolute atomic E-state index is 0.315. The van der Waals surface area contributed by atoms with Gasteiger partial charge in [-0.3, -0.25) is 0 Å². The van der Waals surface area contributed by atoms with Gasteiger partial charge in [0.25, 0.3) is 0 Å². The molecule has 1 N–H and O–H groups in total. The molecule has 214 valence electrons. The van der Waals surface area contributed by atoms with Gasteiger partial charge in [-0.15, -0.1) is 11.3 Å². The molecule has 1 aliphatic heterocycles. The van der Waals surface area contributed by atoms with Gasteiger partial charge in [-0.2, -0.15) is 10.4 Å². The average Bonchev–Trinajstić information content (AvgIpc) is 3.54. The Hall–Kier alpha value is -4.24. The van der Waals surface area contributed by atoms with Gasteiger partial charge in [0.1, 0.15) is 27.4 Å². The van der Waals surface area contributed by atoms with Gasteiger partial charge in [0.05, 0.1) is 28.3 Å². The lowest BCUT2D eigenvalue weighted by molar-refractivity contribution is 0.0240. The van der Waals surface area contributed by atoms with E-state index in [-0.39, 0.29) is 11.9 Å². The summed E-state index contributed by atoms with van der Waals surface area (Å²) in [5.74, 6) is 0.416. The summed E-state index contributed by atoms with van der Waals surface area (Å²) in [5, 5.41) is 18.7. The molecule has 4 aromatic rings. The highest BCUT2D eigenvalue weighted by atomic mass is 32.1. The Bertz CT molecular complexity index is 1640. The summed E-state index contributed by atoms with van der Waals surface area (Å²) in [7, 11) is 1.86. The molecule has 0 aliphatic carbocycles. The molecular weight excluding hydrogens is 543 g/mol. The fourth-order valence-corrected chi connectivity index (χ4v) is 5.88. The number of aromatic nitrogens is 4. The lowest BCUT2D eigenvalue weighted by atomic mass is 10.1. The van der Waals surface area contributed by atoms with E-state index in [4.69, 9.17) is 19.8 Å². The Morgan fingerprint density at radius 1 is 1.17 bits per heavy atom. The summed E-state index contributed by atoms with van der Waals surface area (Å²) < 4.78 is 21.0. The predicted octanol–water partition coefficient (Wildman–Crippen LogP) is 5.50. The van der Waals surface area contributed by atoms with Gasteiger partial charge in [-0.1, -0.05) is 6.92 Å². The SMILES string of the molecule is CCc1nn2c(C)c(NC)c(N3CCN(C(=O)OC(C)(C)C)CC3)nc2c1-c1nc(-c2ccc(F)cc2)c(C#N)s1. The van der Waals surface area contributed by atoms with Crippen LogP contribution in [0.5, 0.6) is 0 Å². The van der Waals surface area contributed by atoms with Gasteiger partial charge in [-0.05, 0) is 58.4 Å². The molecule has 0 bridgehead atoms. The number of halogens is 1. The number of aryl methyl sites for hydroxylation is 2. The van der Waals surface area contributed by atoms with E-state index in [9.17, 15) is 14.4 Å². The minimum Gasteiger partial charge on any atom is -0.444 e. The quantitative estimate of drug-likeness (QED) is 0.332. The molecular formula is C29H33FN8O2S. The monoisotopic (exact) mass is 576 g/mol. The molecule has 0 radical (unpaired) electrons. The zero-order valence-electron chi connectivity index (χ0n) is 24.1. The maximum absolute atomic E-state index is 13.6. The molecule has 41 heavy (non-hydrogen) atoms. The molecule has 3 aromatic heterocycles. The van der Waals surface area contributed by atoms with Crippen molar-refractivity contribution in [3.8, 4) is 27.9 Å². The van der Waals surface area contributed by atoms with Gasteiger partial charge >= 0.3 is 6.09 Å². The van der Waals surface area contributed by atoms with E-state index in [0.29, 0.717) is 59.4 Å². The van der Waals surface area contributed by atoms with Crippen molar-refractivity contribution in [2.75, 3.05) is 43.4 Å². The van der Waals surface area contributed by atoms with Crippen LogP contribution in [0.1, 0.15) is 44.0 Å². The number of nitrogens with zero attached hydrogens (tertiary/aromatic N) is 7. The number of nitrogens with one attached hydrogen (secondary N) is 1. The number of carbonyl (C=O) groups is 1. The van der Waals surface area contributed by atoms with Crippen LogP contribution in [0.4, 0.5) is 20.7 Å². The number of hydrogen-bond acceptors (Lipinski definition) is 9. The van der Waals surface area contributed by atoms with Crippen molar-refractivity contribution in [2.24, 2.45) is 0 Å². The number of fused-ring (bicyclic) bond motifs is 1. The van der Waals surface area contributed by atoms with Crippen LogP contribution in [-0.2, 0) is 11.2 Å². The van der Waals surface area contributed by atoms with Crippen LogP contribution in [0.2, 0.25) is 0 Å². The fourth-order valence-electron chi connectivity index (χ4n) is 4.94. The normalized spacial score (nSPS) is 13.9. The molecule has 0 atom stereocenters. The first kappa shape index (κ1) is 28.3. The molecule has 1 saturated heterocycles. The topological polar surface area (TPSA) is 112 Å². The third-order valence-corrected chi connectivity index (χ3v) is 7.90. The summed E-state index contributed by atoms with van der Waals surface area (Å²) in [6.45, 7) is 11.8. The smallest absolute Gasteiger partial charge is 0.410 e. The zero-order valence-corrected chi connectivity index (χ0v) is 24.9. The fraction of sp³-hybridized carbons (Fsp3) is 0.414. The van der Waals surface area contributed by atoms with Crippen molar-refractivity contribution in [3.05, 3.63) is 46.3 Å². The Morgan fingerprint density at radius 3 is 2.44 bits per heavy atom. The van der Waals surface area contributed by atoms with Crippen molar-refractivity contribution < 1.29 is 13.9 Å². The van der Waals surface area contributed by atoms with E-state index in [1.807, 2.05) is 46.2 Å². The minimum atomic E-state index is -0.551.